The molecular weight excluding hydrogens is 256 g/mol. The topological polar surface area (TPSA) is 53.4 Å². The first-order chi connectivity index (χ1) is 9.63. The third-order valence-electron chi connectivity index (χ3n) is 4.39. The van der Waals surface area contributed by atoms with Gasteiger partial charge in [0.1, 0.15) is 5.69 Å². The second-order valence-electron chi connectivity index (χ2n) is 5.87. The molecule has 5 heteroatoms. The smallest absolute Gasteiger partial charge is 0.184 e. The minimum atomic E-state index is -0.218. The van der Waals surface area contributed by atoms with Gasteiger partial charge in [0.05, 0.1) is 17.9 Å². The third-order valence-corrected chi connectivity index (χ3v) is 4.39. The second-order valence-corrected chi connectivity index (χ2v) is 5.87. The van der Waals surface area contributed by atoms with Crippen molar-refractivity contribution in [2.45, 2.75) is 45.3 Å². The Morgan fingerprint density at radius 2 is 2.40 bits per heavy atom. The molecule has 5 nitrogen and oxygen atoms in total. The van der Waals surface area contributed by atoms with Crippen LogP contribution in [0.25, 0.3) is 0 Å². The number of carbonyl (C=O) groups excluding carboxylic acids is 1. The van der Waals surface area contributed by atoms with Gasteiger partial charge >= 0.3 is 0 Å². The molecule has 110 valence electrons. The van der Waals surface area contributed by atoms with E-state index in [2.05, 4.69) is 5.10 Å². The average molecular weight is 278 g/mol. The third kappa shape index (κ3) is 2.40. The zero-order valence-corrected chi connectivity index (χ0v) is 12.2. The molecule has 0 amide bonds. The first kappa shape index (κ1) is 13.8. The normalized spacial score (nSPS) is 30.0. The summed E-state index contributed by atoms with van der Waals surface area (Å²) in [6.45, 7) is 6.69. The van der Waals surface area contributed by atoms with Gasteiger partial charge in [-0.2, -0.15) is 5.10 Å². The van der Waals surface area contributed by atoms with Gasteiger partial charge in [-0.25, -0.2) is 0 Å². The molecule has 0 aliphatic carbocycles. The Morgan fingerprint density at radius 1 is 1.55 bits per heavy atom. The highest BCUT2D eigenvalue weighted by Gasteiger charge is 2.43. The molecule has 0 saturated carbocycles. The summed E-state index contributed by atoms with van der Waals surface area (Å²) < 4.78 is 13.2. The molecule has 0 aromatic carbocycles. The molecule has 2 saturated heterocycles. The van der Waals surface area contributed by atoms with Crippen molar-refractivity contribution in [3.05, 3.63) is 17.5 Å². The van der Waals surface area contributed by atoms with Gasteiger partial charge in [-0.15, -0.1) is 0 Å². The molecule has 1 spiro atoms. The monoisotopic (exact) mass is 278 g/mol. The van der Waals surface area contributed by atoms with Crippen LogP contribution in [0.3, 0.4) is 0 Å². The van der Waals surface area contributed by atoms with Gasteiger partial charge in [-0.05, 0) is 32.8 Å². The molecule has 3 heterocycles. The molecule has 2 atom stereocenters. The van der Waals surface area contributed by atoms with Crippen LogP contribution in [0.5, 0.6) is 0 Å². The summed E-state index contributed by atoms with van der Waals surface area (Å²) in [5, 5.41) is 4.37. The Labute approximate surface area is 119 Å². The van der Waals surface area contributed by atoms with Crippen LogP contribution in [0.15, 0.2) is 6.07 Å². The maximum atomic E-state index is 12.8. The van der Waals surface area contributed by atoms with E-state index >= 15 is 0 Å². The largest absolute Gasteiger partial charge is 0.378 e. The van der Waals surface area contributed by atoms with Crippen molar-refractivity contribution < 1.29 is 14.3 Å². The van der Waals surface area contributed by atoms with E-state index in [-0.39, 0.29) is 17.3 Å². The Hall–Kier alpha value is -1.20. The number of Topliss-reactive ketones (excluding diaryl/α,β-unsaturated/α-hetero) is 1. The number of ether oxygens (including phenoxy) is 2. The van der Waals surface area contributed by atoms with Gasteiger partial charge in [-0.1, -0.05) is 0 Å². The van der Waals surface area contributed by atoms with Gasteiger partial charge in [0.25, 0.3) is 0 Å². The van der Waals surface area contributed by atoms with E-state index < -0.39 is 0 Å². The molecule has 2 aliphatic rings. The Kier molecular flexibility index (Phi) is 3.65. The van der Waals surface area contributed by atoms with Gasteiger partial charge in [0, 0.05) is 32.1 Å². The predicted octanol–water partition coefficient (Wildman–Crippen LogP) is 1.98. The number of nitrogens with zero attached hydrogens (tertiary/aromatic N) is 2. The molecule has 1 aromatic rings. The number of ketones is 1. The lowest BCUT2D eigenvalue weighted by Gasteiger charge is -2.36. The Morgan fingerprint density at radius 3 is 3.10 bits per heavy atom. The highest BCUT2D eigenvalue weighted by molar-refractivity contribution is 5.96. The standard InChI is InChI=1S/C15H22N2O3/c1-3-17-13(8-11(2)16-17)14(18)12-4-6-20-15(9-12)5-7-19-10-15/h8,12H,3-7,9-10H2,1-2H3. The lowest BCUT2D eigenvalue weighted by Crippen LogP contribution is -2.42. The van der Waals surface area contributed by atoms with Gasteiger partial charge < -0.3 is 9.47 Å². The highest BCUT2D eigenvalue weighted by Crippen LogP contribution is 2.37. The molecule has 0 N–H and O–H groups in total. The fourth-order valence-electron chi connectivity index (χ4n) is 3.31. The maximum Gasteiger partial charge on any atom is 0.184 e. The van der Waals surface area contributed by atoms with E-state index in [1.54, 1.807) is 0 Å². The van der Waals surface area contributed by atoms with Crippen LogP contribution in [0.4, 0.5) is 0 Å². The summed E-state index contributed by atoms with van der Waals surface area (Å²) in [4.78, 5) is 12.8. The van der Waals surface area contributed by atoms with Crippen LogP contribution in [0.1, 0.15) is 42.4 Å². The van der Waals surface area contributed by atoms with Crippen molar-refractivity contribution >= 4 is 5.78 Å². The highest BCUT2D eigenvalue weighted by atomic mass is 16.6. The quantitative estimate of drug-likeness (QED) is 0.793. The molecule has 0 bridgehead atoms. The molecule has 3 rings (SSSR count). The summed E-state index contributed by atoms with van der Waals surface area (Å²) >= 11 is 0. The number of aromatic nitrogens is 2. The zero-order chi connectivity index (χ0) is 14.2. The lowest BCUT2D eigenvalue weighted by molar-refractivity contribution is -0.0921. The van der Waals surface area contributed by atoms with E-state index in [0.29, 0.717) is 13.2 Å². The molecule has 20 heavy (non-hydrogen) atoms. The maximum absolute atomic E-state index is 12.8. The first-order valence-electron chi connectivity index (χ1n) is 7.44. The molecule has 0 radical (unpaired) electrons. The van der Waals surface area contributed by atoms with Gasteiger partial charge in [0.2, 0.25) is 0 Å². The molecular formula is C15H22N2O3. The molecule has 1 aromatic heterocycles. The Bertz CT molecular complexity index is 503. The van der Waals surface area contributed by atoms with E-state index in [1.807, 2.05) is 24.6 Å². The van der Waals surface area contributed by atoms with Crippen molar-refractivity contribution in [1.29, 1.82) is 0 Å². The summed E-state index contributed by atoms with van der Waals surface area (Å²) in [7, 11) is 0. The Balaban J connectivity index is 1.79. The number of rotatable bonds is 3. The predicted molar refractivity (Wildman–Crippen MR) is 73.8 cm³/mol. The zero-order valence-electron chi connectivity index (χ0n) is 12.2. The van der Waals surface area contributed by atoms with Crippen molar-refractivity contribution in [2.75, 3.05) is 19.8 Å². The fraction of sp³-hybridized carbons (Fsp3) is 0.733. The SMILES string of the molecule is CCn1nc(C)cc1C(=O)C1CCOC2(CCOC2)C1. The summed E-state index contributed by atoms with van der Waals surface area (Å²) in [6, 6.07) is 1.90. The lowest BCUT2D eigenvalue weighted by atomic mass is 9.82. The van der Waals surface area contributed by atoms with Gasteiger partial charge in [0.15, 0.2) is 5.78 Å². The number of carbonyl (C=O) groups is 1. The van der Waals surface area contributed by atoms with E-state index in [1.165, 1.54) is 0 Å². The first-order valence-corrected chi connectivity index (χ1v) is 7.44. The average Bonchev–Trinajstić information content (AvgIpc) is 3.05. The van der Waals surface area contributed by atoms with Crippen molar-refractivity contribution in [3.8, 4) is 0 Å². The minimum absolute atomic E-state index is 0.0341. The van der Waals surface area contributed by atoms with Crippen LogP contribution >= 0.6 is 0 Å². The van der Waals surface area contributed by atoms with Crippen molar-refractivity contribution in [1.82, 2.24) is 9.78 Å². The van der Waals surface area contributed by atoms with E-state index in [9.17, 15) is 4.79 Å². The van der Waals surface area contributed by atoms with E-state index in [4.69, 9.17) is 9.47 Å². The number of hydrogen-bond acceptors (Lipinski definition) is 4. The van der Waals surface area contributed by atoms with Crippen LogP contribution < -0.4 is 0 Å². The van der Waals surface area contributed by atoms with Crippen molar-refractivity contribution in [3.63, 3.8) is 0 Å². The van der Waals surface area contributed by atoms with Crippen LogP contribution in [-0.2, 0) is 16.0 Å². The molecule has 2 aliphatic heterocycles. The van der Waals surface area contributed by atoms with Crippen LogP contribution in [0.2, 0.25) is 0 Å². The summed E-state index contributed by atoms with van der Waals surface area (Å²) in [5.41, 5.74) is 1.43. The summed E-state index contributed by atoms with van der Waals surface area (Å²) in [5.74, 6) is 0.244. The van der Waals surface area contributed by atoms with Crippen molar-refractivity contribution in [2.24, 2.45) is 5.92 Å². The number of aryl methyl sites for hydroxylation is 2. The number of hydrogen-bond donors (Lipinski definition) is 0. The fourth-order valence-corrected chi connectivity index (χ4v) is 3.31. The second kappa shape index (κ2) is 5.30. The van der Waals surface area contributed by atoms with Crippen LogP contribution in [0, 0.1) is 12.8 Å². The van der Waals surface area contributed by atoms with Crippen LogP contribution in [-0.4, -0.2) is 41.0 Å². The minimum Gasteiger partial charge on any atom is -0.378 e. The molecule has 2 fully saturated rings. The molecule has 2 unspecified atom stereocenters. The summed E-state index contributed by atoms with van der Waals surface area (Å²) in [6.07, 6.45) is 2.48. The van der Waals surface area contributed by atoms with Gasteiger partial charge in [-0.3, -0.25) is 9.48 Å². The van der Waals surface area contributed by atoms with E-state index in [0.717, 1.165) is 43.8 Å².